The van der Waals surface area contributed by atoms with E-state index in [1.54, 1.807) is 0 Å². The summed E-state index contributed by atoms with van der Waals surface area (Å²) in [6.45, 7) is 4.48. The maximum Gasteiger partial charge on any atom is 0.242 e. The van der Waals surface area contributed by atoms with E-state index in [0.29, 0.717) is 5.92 Å². The lowest BCUT2D eigenvalue weighted by Gasteiger charge is -2.33. The first-order valence-corrected chi connectivity index (χ1v) is 5.97. The van der Waals surface area contributed by atoms with E-state index in [1.165, 1.54) is 0 Å². The predicted molar refractivity (Wildman–Crippen MR) is 59.7 cm³/mol. The van der Waals surface area contributed by atoms with Gasteiger partial charge in [-0.1, -0.05) is 6.92 Å². The van der Waals surface area contributed by atoms with Crippen LogP contribution in [-0.4, -0.2) is 37.5 Å². The standard InChI is InChI=1S/C11H19N3O2/c1-7(8-5-12-6-8)10(15)14-9-3-2-4-13-11(9)16/h7-9,12H,2-6H2,1H3,(H,13,16)(H,14,15). The molecule has 3 N–H and O–H groups in total. The fraction of sp³-hybridized carbons (Fsp3) is 0.818. The van der Waals surface area contributed by atoms with Crippen LogP contribution in [0.5, 0.6) is 0 Å². The summed E-state index contributed by atoms with van der Waals surface area (Å²) in [6.07, 6.45) is 1.70. The summed E-state index contributed by atoms with van der Waals surface area (Å²) in [5, 5.41) is 8.76. The largest absolute Gasteiger partial charge is 0.354 e. The third-order valence-electron chi connectivity index (χ3n) is 3.54. The number of nitrogens with one attached hydrogen (secondary N) is 3. The van der Waals surface area contributed by atoms with Crippen molar-refractivity contribution in [1.82, 2.24) is 16.0 Å². The Labute approximate surface area is 95.3 Å². The number of hydrogen-bond acceptors (Lipinski definition) is 3. The zero-order valence-corrected chi connectivity index (χ0v) is 9.58. The maximum atomic E-state index is 11.9. The summed E-state index contributed by atoms with van der Waals surface area (Å²) in [5.74, 6) is 0.384. The zero-order chi connectivity index (χ0) is 11.5. The van der Waals surface area contributed by atoms with Gasteiger partial charge in [0.25, 0.3) is 0 Å². The first kappa shape index (κ1) is 11.4. The Kier molecular flexibility index (Phi) is 3.43. The van der Waals surface area contributed by atoms with Crippen LogP contribution in [0.15, 0.2) is 0 Å². The van der Waals surface area contributed by atoms with Crippen molar-refractivity contribution < 1.29 is 9.59 Å². The molecule has 0 saturated carbocycles. The molecule has 5 nitrogen and oxygen atoms in total. The third-order valence-corrected chi connectivity index (χ3v) is 3.54. The summed E-state index contributed by atoms with van der Waals surface area (Å²) < 4.78 is 0. The molecular weight excluding hydrogens is 206 g/mol. The van der Waals surface area contributed by atoms with E-state index in [-0.39, 0.29) is 23.8 Å². The molecule has 2 unspecified atom stereocenters. The van der Waals surface area contributed by atoms with Gasteiger partial charge in [0.2, 0.25) is 11.8 Å². The van der Waals surface area contributed by atoms with Crippen molar-refractivity contribution in [3.05, 3.63) is 0 Å². The van der Waals surface area contributed by atoms with Gasteiger partial charge in [0.15, 0.2) is 0 Å². The van der Waals surface area contributed by atoms with Gasteiger partial charge in [-0.2, -0.15) is 0 Å². The highest BCUT2D eigenvalue weighted by molar-refractivity contribution is 5.88. The van der Waals surface area contributed by atoms with E-state index in [1.807, 2.05) is 6.92 Å². The lowest BCUT2D eigenvalue weighted by Crippen LogP contribution is -2.55. The van der Waals surface area contributed by atoms with Gasteiger partial charge in [0.05, 0.1) is 0 Å². The van der Waals surface area contributed by atoms with Gasteiger partial charge in [-0.15, -0.1) is 0 Å². The average Bonchev–Trinajstić information content (AvgIpc) is 2.18. The van der Waals surface area contributed by atoms with E-state index < -0.39 is 0 Å². The monoisotopic (exact) mass is 225 g/mol. The minimum absolute atomic E-state index is 0.00373. The zero-order valence-electron chi connectivity index (χ0n) is 9.58. The Morgan fingerprint density at radius 3 is 2.81 bits per heavy atom. The van der Waals surface area contributed by atoms with Crippen molar-refractivity contribution in [1.29, 1.82) is 0 Å². The van der Waals surface area contributed by atoms with Crippen molar-refractivity contribution in [3.63, 3.8) is 0 Å². The van der Waals surface area contributed by atoms with E-state index in [4.69, 9.17) is 0 Å². The van der Waals surface area contributed by atoms with Gasteiger partial charge in [-0.25, -0.2) is 0 Å². The molecule has 0 aromatic rings. The highest BCUT2D eigenvalue weighted by Crippen LogP contribution is 2.16. The van der Waals surface area contributed by atoms with Crippen molar-refractivity contribution in [3.8, 4) is 0 Å². The van der Waals surface area contributed by atoms with Crippen LogP contribution in [0.4, 0.5) is 0 Å². The van der Waals surface area contributed by atoms with Gasteiger partial charge in [-0.3, -0.25) is 9.59 Å². The number of amides is 2. The number of carbonyl (C=O) groups is 2. The Morgan fingerprint density at radius 1 is 1.50 bits per heavy atom. The number of rotatable bonds is 3. The van der Waals surface area contributed by atoms with Gasteiger partial charge in [-0.05, 0) is 31.8 Å². The SMILES string of the molecule is CC(C(=O)NC1CCCNC1=O)C1CNC1. The molecule has 2 aliphatic heterocycles. The minimum Gasteiger partial charge on any atom is -0.354 e. The summed E-state index contributed by atoms with van der Waals surface area (Å²) in [7, 11) is 0. The highest BCUT2D eigenvalue weighted by Gasteiger charge is 2.31. The number of hydrogen-bond donors (Lipinski definition) is 3. The summed E-state index contributed by atoms with van der Waals surface area (Å²) in [4.78, 5) is 23.3. The fourth-order valence-electron chi connectivity index (χ4n) is 2.09. The smallest absolute Gasteiger partial charge is 0.242 e. The summed E-state index contributed by atoms with van der Waals surface area (Å²) in [6, 6.07) is -0.322. The van der Waals surface area contributed by atoms with E-state index in [0.717, 1.165) is 32.5 Å². The number of carbonyl (C=O) groups excluding carboxylic acids is 2. The van der Waals surface area contributed by atoms with Crippen molar-refractivity contribution in [2.75, 3.05) is 19.6 Å². The molecule has 90 valence electrons. The quantitative estimate of drug-likeness (QED) is 0.591. The van der Waals surface area contributed by atoms with Crippen molar-refractivity contribution in [2.45, 2.75) is 25.8 Å². The highest BCUT2D eigenvalue weighted by atomic mass is 16.2. The van der Waals surface area contributed by atoms with Crippen LogP contribution in [0.25, 0.3) is 0 Å². The van der Waals surface area contributed by atoms with Gasteiger partial charge in [0, 0.05) is 12.5 Å². The molecule has 2 rings (SSSR count). The molecule has 0 aliphatic carbocycles. The normalized spacial score (nSPS) is 27.8. The van der Waals surface area contributed by atoms with Gasteiger partial charge in [0.1, 0.15) is 6.04 Å². The van der Waals surface area contributed by atoms with E-state index in [9.17, 15) is 9.59 Å². The van der Waals surface area contributed by atoms with Crippen LogP contribution in [-0.2, 0) is 9.59 Å². The lowest BCUT2D eigenvalue weighted by atomic mass is 9.88. The lowest BCUT2D eigenvalue weighted by molar-refractivity contribution is -0.133. The third kappa shape index (κ3) is 2.35. The molecule has 0 aromatic carbocycles. The van der Waals surface area contributed by atoms with Crippen LogP contribution in [0.2, 0.25) is 0 Å². The van der Waals surface area contributed by atoms with Crippen LogP contribution >= 0.6 is 0 Å². The van der Waals surface area contributed by atoms with Crippen LogP contribution in [0.3, 0.4) is 0 Å². The molecule has 2 amide bonds. The average molecular weight is 225 g/mol. The molecule has 2 fully saturated rings. The molecule has 0 spiro atoms. The maximum absolute atomic E-state index is 11.9. The molecule has 5 heteroatoms. The first-order valence-electron chi connectivity index (χ1n) is 5.97. The van der Waals surface area contributed by atoms with E-state index in [2.05, 4.69) is 16.0 Å². The molecule has 0 radical (unpaired) electrons. The minimum atomic E-state index is -0.322. The van der Waals surface area contributed by atoms with E-state index >= 15 is 0 Å². The Bertz CT molecular complexity index is 289. The second kappa shape index (κ2) is 4.82. The van der Waals surface area contributed by atoms with Gasteiger partial charge < -0.3 is 16.0 Å². The molecular formula is C11H19N3O2. The van der Waals surface area contributed by atoms with Crippen molar-refractivity contribution in [2.24, 2.45) is 11.8 Å². The predicted octanol–water partition coefficient (Wildman–Crippen LogP) is -0.763. The Morgan fingerprint density at radius 2 is 2.25 bits per heavy atom. The fourth-order valence-corrected chi connectivity index (χ4v) is 2.09. The Balaban J connectivity index is 1.83. The Hall–Kier alpha value is -1.10. The number of piperidine rings is 1. The molecule has 0 bridgehead atoms. The first-order chi connectivity index (χ1) is 7.68. The second-order valence-corrected chi connectivity index (χ2v) is 4.70. The van der Waals surface area contributed by atoms with Crippen LogP contribution in [0.1, 0.15) is 19.8 Å². The molecule has 2 aliphatic rings. The topological polar surface area (TPSA) is 70.2 Å². The summed E-state index contributed by atoms with van der Waals surface area (Å²) in [5.41, 5.74) is 0. The molecule has 2 saturated heterocycles. The van der Waals surface area contributed by atoms with Crippen LogP contribution < -0.4 is 16.0 Å². The molecule has 16 heavy (non-hydrogen) atoms. The van der Waals surface area contributed by atoms with Gasteiger partial charge >= 0.3 is 0 Å². The van der Waals surface area contributed by atoms with Crippen LogP contribution in [0, 0.1) is 11.8 Å². The molecule has 0 aromatic heterocycles. The molecule has 2 heterocycles. The second-order valence-electron chi connectivity index (χ2n) is 4.70. The molecule has 2 atom stereocenters. The van der Waals surface area contributed by atoms with Crippen molar-refractivity contribution >= 4 is 11.8 Å². The summed E-state index contributed by atoms with van der Waals surface area (Å²) >= 11 is 0.